The summed E-state index contributed by atoms with van der Waals surface area (Å²) in [7, 11) is 0. The van der Waals surface area contributed by atoms with E-state index in [4.69, 9.17) is 9.47 Å². The first-order chi connectivity index (χ1) is 11.3. The van der Waals surface area contributed by atoms with Gasteiger partial charge in [-0.05, 0) is 39.7 Å². The Bertz CT molecular complexity index is 564. The van der Waals surface area contributed by atoms with E-state index in [0.717, 1.165) is 5.56 Å². The quantitative estimate of drug-likeness (QED) is 0.793. The topological polar surface area (TPSA) is 55.8 Å². The summed E-state index contributed by atoms with van der Waals surface area (Å²) in [5.74, 6) is -0.493. The Balaban J connectivity index is 2.18. The van der Waals surface area contributed by atoms with E-state index < -0.39 is 5.60 Å². The molecular formula is C19H27NO4. The van der Waals surface area contributed by atoms with Gasteiger partial charge in [-0.3, -0.25) is 4.79 Å². The van der Waals surface area contributed by atoms with E-state index in [0.29, 0.717) is 26.1 Å². The number of amides is 1. The highest BCUT2D eigenvalue weighted by molar-refractivity contribution is 5.75. The lowest BCUT2D eigenvalue weighted by Crippen LogP contribution is -2.47. The first-order valence-corrected chi connectivity index (χ1v) is 8.51. The zero-order chi connectivity index (χ0) is 17.7. The van der Waals surface area contributed by atoms with E-state index in [1.165, 1.54) is 0 Å². The van der Waals surface area contributed by atoms with E-state index in [2.05, 4.69) is 0 Å². The van der Waals surface area contributed by atoms with Crippen LogP contribution in [-0.2, 0) is 14.3 Å². The van der Waals surface area contributed by atoms with Gasteiger partial charge in [-0.25, -0.2) is 4.79 Å². The minimum Gasteiger partial charge on any atom is -0.466 e. The van der Waals surface area contributed by atoms with Crippen LogP contribution < -0.4 is 0 Å². The van der Waals surface area contributed by atoms with Gasteiger partial charge < -0.3 is 14.4 Å². The summed E-state index contributed by atoms with van der Waals surface area (Å²) < 4.78 is 10.7. The molecule has 0 spiro atoms. The summed E-state index contributed by atoms with van der Waals surface area (Å²) in [5, 5.41) is 0. The van der Waals surface area contributed by atoms with Gasteiger partial charge in [0.05, 0.1) is 12.5 Å². The van der Waals surface area contributed by atoms with Gasteiger partial charge in [0, 0.05) is 19.0 Å². The molecule has 1 heterocycles. The van der Waals surface area contributed by atoms with Crippen molar-refractivity contribution in [1.82, 2.24) is 4.90 Å². The number of carbonyl (C=O) groups excluding carboxylic acids is 2. The van der Waals surface area contributed by atoms with Crippen LogP contribution in [0, 0.1) is 5.92 Å². The van der Waals surface area contributed by atoms with Crippen LogP contribution in [0.3, 0.4) is 0 Å². The second-order valence-electron chi connectivity index (χ2n) is 7.09. The van der Waals surface area contributed by atoms with Crippen molar-refractivity contribution in [2.24, 2.45) is 5.92 Å². The van der Waals surface area contributed by atoms with Gasteiger partial charge in [0.15, 0.2) is 0 Å². The van der Waals surface area contributed by atoms with Gasteiger partial charge in [0.25, 0.3) is 0 Å². The third kappa shape index (κ3) is 4.73. The van der Waals surface area contributed by atoms with Gasteiger partial charge in [0.2, 0.25) is 0 Å². The lowest BCUT2D eigenvalue weighted by atomic mass is 9.81. The summed E-state index contributed by atoms with van der Waals surface area (Å²) in [5.41, 5.74) is 0.515. The highest BCUT2D eigenvalue weighted by Crippen LogP contribution is 2.34. The molecule has 0 aliphatic carbocycles. The Morgan fingerprint density at radius 2 is 1.88 bits per heavy atom. The fourth-order valence-electron chi connectivity index (χ4n) is 3.01. The van der Waals surface area contributed by atoms with Gasteiger partial charge in [-0.15, -0.1) is 0 Å². The van der Waals surface area contributed by atoms with Crippen LogP contribution in [0.4, 0.5) is 4.79 Å². The standard InChI is InChI=1S/C19H27NO4/c1-5-23-17(21)15-11-12-20(18(22)24-19(2,3)4)13-16(15)14-9-7-6-8-10-14/h6-10,15-16H,5,11-13H2,1-4H3/t15-,16-/m0/s1. The fourth-order valence-corrected chi connectivity index (χ4v) is 3.01. The first-order valence-electron chi connectivity index (χ1n) is 8.51. The SMILES string of the molecule is CCOC(=O)[C@H]1CCN(C(=O)OC(C)(C)C)C[C@H]1c1ccccc1. The summed E-state index contributed by atoms with van der Waals surface area (Å²) in [6.07, 6.45) is 0.253. The number of carbonyl (C=O) groups is 2. The molecule has 0 aromatic heterocycles. The minimum absolute atomic E-state index is 0.0773. The molecule has 1 saturated heterocycles. The summed E-state index contributed by atoms with van der Waals surface area (Å²) in [6.45, 7) is 8.70. The molecule has 1 fully saturated rings. The van der Waals surface area contributed by atoms with Crippen molar-refractivity contribution in [3.8, 4) is 0 Å². The van der Waals surface area contributed by atoms with Gasteiger partial charge in [-0.1, -0.05) is 30.3 Å². The zero-order valence-corrected chi connectivity index (χ0v) is 15.0. The molecule has 5 nitrogen and oxygen atoms in total. The molecular weight excluding hydrogens is 306 g/mol. The number of benzene rings is 1. The van der Waals surface area contributed by atoms with Gasteiger partial charge in [0.1, 0.15) is 5.60 Å². The van der Waals surface area contributed by atoms with Crippen LogP contribution in [0.1, 0.15) is 45.6 Å². The Morgan fingerprint density at radius 3 is 2.46 bits per heavy atom. The molecule has 1 aliphatic rings. The monoisotopic (exact) mass is 333 g/mol. The van der Waals surface area contributed by atoms with Crippen LogP contribution >= 0.6 is 0 Å². The number of likely N-dealkylation sites (tertiary alicyclic amines) is 1. The number of hydrogen-bond donors (Lipinski definition) is 0. The predicted octanol–water partition coefficient (Wildman–Crippen LogP) is 3.59. The fraction of sp³-hybridized carbons (Fsp3) is 0.579. The molecule has 2 rings (SSSR count). The third-order valence-corrected chi connectivity index (χ3v) is 4.08. The average molecular weight is 333 g/mol. The van der Waals surface area contributed by atoms with E-state index >= 15 is 0 Å². The smallest absolute Gasteiger partial charge is 0.410 e. The Morgan fingerprint density at radius 1 is 1.21 bits per heavy atom. The number of rotatable bonds is 3. The Kier molecular flexibility index (Phi) is 5.86. The molecule has 1 aromatic carbocycles. The lowest BCUT2D eigenvalue weighted by molar-refractivity contribution is -0.150. The molecule has 24 heavy (non-hydrogen) atoms. The van der Waals surface area contributed by atoms with Crippen molar-refractivity contribution in [2.75, 3.05) is 19.7 Å². The second-order valence-corrected chi connectivity index (χ2v) is 7.09. The molecule has 0 saturated carbocycles. The Hall–Kier alpha value is -2.04. The normalized spacial score (nSPS) is 21.2. The average Bonchev–Trinajstić information content (AvgIpc) is 2.54. The maximum absolute atomic E-state index is 12.4. The molecule has 1 amide bonds. The molecule has 5 heteroatoms. The molecule has 0 radical (unpaired) electrons. The van der Waals surface area contributed by atoms with Crippen LogP contribution in [0.5, 0.6) is 0 Å². The van der Waals surface area contributed by atoms with Crippen molar-refractivity contribution >= 4 is 12.1 Å². The first kappa shape index (κ1) is 18.3. The summed E-state index contributed by atoms with van der Waals surface area (Å²) in [4.78, 5) is 26.4. The number of nitrogens with zero attached hydrogens (tertiary/aromatic N) is 1. The number of hydrogen-bond acceptors (Lipinski definition) is 4. The number of piperidine rings is 1. The van der Waals surface area contributed by atoms with E-state index in [9.17, 15) is 9.59 Å². The maximum atomic E-state index is 12.4. The Labute approximate surface area is 143 Å². The van der Waals surface area contributed by atoms with Crippen molar-refractivity contribution in [3.05, 3.63) is 35.9 Å². The highest BCUT2D eigenvalue weighted by Gasteiger charge is 2.38. The van der Waals surface area contributed by atoms with E-state index in [1.807, 2.05) is 58.0 Å². The summed E-state index contributed by atoms with van der Waals surface area (Å²) in [6, 6.07) is 9.83. The van der Waals surface area contributed by atoms with Crippen LogP contribution in [-0.4, -0.2) is 42.3 Å². The van der Waals surface area contributed by atoms with Crippen molar-refractivity contribution < 1.29 is 19.1 Å². The van der Waals surface area contributed by atoms with Gasteiger partial charge in [-0.2, -0.15) is 0 Å². The van der Waals surface area contributed by atoms with Crippen molar-refractivity contribution in [3.63, 3.8) is 0 Å². The van der Waals surface area contributed by atoms with Gasteiger partial charge >= 0.3 is 12.1 Å². The van der Waals surface area contributed by atoms with Crippen LogP contribution in [0.15, 0.2) is 30.3 Å². The van der Waals surface area contributed by atoms with Crippen molar-refractivity contribution in [1.29, 1.82) is 0 Å². The van der Waals surface area contributed by atoms with Crippen LogP contribution in [0.2, 0.25) is 0 Å². The largest absolute Gasteiger partial charge is 0.466 e. The van der Waals surface area contributed by atoms with Crippen LogP contribution in [0.25, 0.3) is 0 Å². The zero-order valence-electron chi connectivity index (χ0n) is 15.0. The minimum atomic E-state index is -0.530. The summed E-state index contributed by atoms with van der Waals surface area (Å²) >= 11 is 0. The predicted molar refractivity (Wildman–Crippen MR) is 91.7 cm³/mol. The maximum Gasteiger partial charge on any atom is 0.410 e. The number of ether oxygens (including phenoxy) is 2. The van der Waals surface area contributed by atoms with E-state index in [1.54, 1.807) is 4.90 Å². The molecule has 2 atom stereocenters. The molecule has 0 bridgehead atoms. The lowest BCUT2D eigenvalue weighted by Gasteiger charge is -2.38. The molecule has 1 aliphatic heterocycles. The van der Waals surface area contributed by atoms with Crippen molar-refractivity contribution in [2.45, 2.75) is 45.6 Å². The molecule has 0 unspecified atom stereocenters. The number of esters is 1. The highest BCUT2D eigenvalue weighted by atomic mass is 16.6. The molecule has 0 N–H and O–H groups in total. The molecule has 132 valence electrons. The third-order valence-electron chi connectivity index (χ3n) is 4.08. The molecule has 1 aromatic rings. The van der Waals surface area contributed by atoms with E-state index in [-0.39, 0.29) is 23.9 Å². The second kappa shape index (κ2) is 7.69.